The van der Waals surface area contributed by atoms with Gasteiger partial charge in [0, 0.05) is 30.1 Å². The summed E-state index contributed by atoms with van der Waals surface area (Å²) >= 11 is 0. The quantitative estimate of drug-likeness (QED) is 0.106. The van der Waals surface area contributed by atoms with Crippen molar-refractivity contribution in [1.29, 1.82) is 0 Å². The molecule has 202 valence electrons. The highest BCUT2D eigenvalue weighted by molar-refractivity contribution is 6.12. The predicted octanol–water partition coefficient (Wildman–Crippen LogP) is 3.93. The molecule has 0 aliphatic rings. The summed E-state index contributed by atoms with van der Waals surface area (Å²) < 4.78 is 10.1. The first-order valence-electron chi connectivity index (χ1n) is 11.4. The average Bonchev–Trinajstić information content (AvgIpc) is 2.94. The number of aromatic hydroxyl groups is 1. The number of fused-ring (bicyclic) bond motifs is 1. The molecule has 12 nitrogen and oxygen atoms in total. The van der Waals surface area contributed by atoms with Crippen LogP contribution in [0.4, 0.5) is 22.7 Å². The van der Waals surface area contributed by atoms with Crippen LogP contribution in [0.3, 0.4) is 0 Å². The minimum atomic E-state index is -0.668. The monoisotopic (exact) mass is 533 g/mol. The number of rotatable bonds is 6. The van der Waals surface area contributed by atoms with Crippen molar-refractivity contribution in [1.82, 2.24) is 5.32 Å². The van der Waals surface area contributed by atoms with Crippen molar-refractivity contribution in [3.8, 4) is 17.2 Å². The topological polar surface area (TPSA) is 192 Å². The maximum absolute atomic E-state index is 12.6. The summed E-state index contributed by atoms with van der Waals surface area (Å²) in [5.74, 6) is -0.358. The van der Waals surface area contributed by atoms with Gasteiger partial charge >= 0.3 is 0 Å². The normalized spacial score (nSPS) is 10.1. The number of non-ortho nitro benzene ring substituents is 1. The van der Waals surface area contributed by atoms with E-state index in [0.29, 0.717) is 27.8 Å². The predicted molar refractivity (Wildman–Crippen MR) is 148 cm³/mol. The molecule has 4 aromatic carbocycles. The molecule has 0 radical (unpaired) electrons. The van der Waals surface area contributed by atoms with Crippen molar-refractivity contribution in [3.63, 3.8) is 0 Å². The molecule has 0 spiro atoms. The van der Waals surface area contributed by atoms with Crippen LogP contribution in [-0.4, -0.2) is 43.1 Å². The molecule has 4 rings (SSSR count). The fourth-order valence-corrected chi connectivity index (χ4v) is 3.65. The van der Waals surface area contributed by atoms with E-state index in [9.17, 15) is 24.8 Å². The Kier molecular flexibility index (Phi) is 8.74. The Morgan fingerprint density at radius 1 is 0.923 bits per heavy atom. The Morgan fingerprint density at radius 3 is 2.21 bits per heavy atom. The number of hydrogen-bond donors (Lipinski definition) is 5. The summed E-state index contributed by atoms with van der Waals surface area (Å²) in [5.41, 5.74) is 12.5. The molecule has 12 heteroatoms. The van der Waals surface area contributed by atoms with Crippen molar-refractivity contribution in [2.45, 2.75) is 0 Å². The Bertz CT molecular complexity index is 1560. The smallest absolute Gasteiger partial charge is 0.271 e. The lowest BCUT2D eigenvalue weighted by molar-refractivity contribution is -0.384. The molecule has 0 bridgehead atoms. The van der Waals surface area contributed by atoms with Crippen molar-refractivity contribution >= 4 is 45.3 Å². The van der Waals surface area contributed by atoms with Gasteiger partial charge in [-0.05, 0) is 35.7 Å². The van der Waals surface area contributed by atoms with Gasteiger partial charge in [0.05, 0.1) is 41.8 Å². The van der Waals surface area contributed by atoms with Crippen molar-refractivity contribution in [2.75, 3.05) is 38.1 Å². The summed E-state index contributed by atoms with van der Waals surface area (Å²) in [4.78, 5) is 34.2. The number of phenolic OH excluding ortho intramolecular Hbond substituents is 1. The number of phenols is 1. The summed E-state index contributed by atoms with van der Waals surface area (Å²) in [6.45, 7) is 0. The Labute approximate surface area is 223 Å². The third-order valence-electron chi connectivity index (χ3n) is 5.67. The van der Waals surface area contributed by atoms with Crippen LogP contribution in [0.1, 0.15) is 20.7 Å². The second-order valence-corrected chi connectivity index (χ2v) is 8.04. The second-order valence-electron chi connectivity index (χ2n) is 8.04. The number of hydrogen-bond acceptors (Lipinski definition) is 9. The van der Waals surface area contributed by atoms with E-state index in [1.807, 2.05) is 0 Å². The van der Waals surface area contributed by atoms with Gasteiger partial charge in [0.2, 0.25) is 0 Å². The zero-order chi connectivity index (χ0) is 28.7. The Hall–Kier alpha value is -5.52. The Balaban J connectivity index is 0.000000272. The van der Waals surface area contributed by atoms with E-state index in [-0.39, 0.29) is 40.0 Å². The fraction of sp³-hybridized carbons (Fsp3) is 0.111. The van der Waals surface area contributed by atoms with Crippen LogP contribution >= 0.6 is 0 Å². The lowest BCUT2D eigenvalue weighted by Gasteiger charge is -2.13. The van der Waals surface area contributed by atoms with Crippen LogP contribution in [0.5, 0.6) is 17.2 Å². The molecule has 0 atom stereocenters. The number of carbonyl (C=O) groups excluding carboxylic acids is 2. The molecule has 0 aliphatic heterocycles. The first kappa shape index (κ1) is 28.1. The van der Waals surface area contributed by atoms with E-state index < -0.39 is 10.8 Å². The molecule has 0 saturated carbocycles. The number of benzene rings is 4. The first-order valence-corrected chi connectivity index (χ1v) is 11.4. The molecule has 0 aromatic heterocycles. The zero-order valence-corrected chi connectivity index (χ0v) is 21.3. The number of amides is 2. The number of nitrogens with two attached hydrogens (primary N) is 2. The summed E-state index contributed by atoms with van der Waals surface area (Å²) in [6.07, 6.45) is 0. The van der Waals surface area contributed by atoms with E-state index in [4.69, 9.17) is 20.9 Å². The molecule has 39 heavy (non-hydrogen) atoms. The average molecular weight is 534 g/mol. The second kappa shape index (κ2) is 12.1. The molecule has 7 N–H and O–H groups in total. The van der Waals surface area contributed by atoms with E-state index in [2.05, 4.69) is 10.6 Å². The highest BCUT2D eigenvalue weighted by Crippen LogP contribution is 2.35. The molecular formula is C27H27N5O7. The van der Waals surface area contributed by atoms with Crippen LogP contribution in [0, 0.1) is 10.1 Å². The minimum absolute atomic E-state index is 0.0465. The highest BCUT2D eigenvalue weighted by atomic mass is 16.6. The molecule has 0 saturated heterocycles. The largest absolute Gasteiger partial charge is 0.505 e. The van der Waals surface area contributed by atoms with E-state index in [0.717, 1.165) is 0 Å². The molecule has 0 fully saturated rings. The molecule has 0 unspecified atom stereocenters. The highest BCUT2D eigenvalue weighted by Gasteiger charge is 2.19. The van der Waals surface area contributed by atoms with E-state index in [1.165, 1.54) is 38.5 Å². The number of ether oxygens (including phenoxy) is 2. The number of methoxy groups -OCH3 is 2. The number of nitrogen functional groups attached to an aromatic ring is 2. The lowest BCUT2D eigenvalue weighted by Crippen LogP contribution is -2.17. The minimum Gasteiger partial charge on any atom is -0.505 e. The molecule has 0 aliphatic carbocycles. The van der Waals surface area contributed by atoms with Crippen LogP contribution < -0.4 is 31.6 Å². The van der Waals surface area contributed by atoms with Gasteiger partial charge in [0.25, 0.3) is 17.5 Å². The van der Waals surface area contributed by atoms with E-state index in [1.54, 1.807) is 49.5 Å². The van der Waals surface area contributed by atoms with Crippen molar-refractivity contribution < 1.29 is 29.1 Å². The summed E-state index contributed by atoms with van der Waals surface area (Å²) in [7, 11) is 4.48. The summed E-state index contributed by atoms with van der Waals surface area (Å²) in [6, 6.07) is 17.3. The van der Waals surface area contributed by atoms with Crippen molar-refractivity contribution in [2.24, 2.45) is 0 Å². The van der Waals surface area contributed by atoms with Gasteiger partial charge in [0.15, 0.2) is 5.75 Å². The van der Waals surface area contributed by atoms with Gasteiger partial charge in [0.1, 0.15) is 11.5 Å². The number of nitro benzene ring substituents is 1. The number of carbonyl (C=O) groups is 2. The maximum Gasteiger partial charge on any atom is 0.271 e. The van der Waals surface area contributed by atoms with Crippen LogP contribution in [0.2, 0.25) is 0 Å². The first-order chi connectivity index (χ1) is 18.6. The van der Waals surface area contributed by atoms with Crippen molar-refractivity contribution in [3.05, 3.63) is 88.0 Å². The van der Waals surface area contributed by atoms with Crippen LogP contribution in [-0.2, 0) is 0 Å². The van der Waals surface area contributed by atoms with Gasteiger partial charge in [-0.2, -0.15) is 0 Å². The maximum atomic E-state index is 12.6. The van der Waals surface area contributed by atoms with Crippen LogP contribution in [0.25, 0.3) is 10.8 Å². The fourth-order valence-electron chi connectivity index (χ4n) is 3.65. The van der Waals surface area contributed by atoms with Gasteiger partial charge in [-0.3, -0.25) is 19.7 Å². The standard InChI is InChI=1S/C18H15N3O5.C9H12N2O2/c1-26-15-7-6-11(21(24)25)9-14(15)20-18(23)13-8-10-4-2-3-5-12(10)16(19)17(13)22;1-11-9(12)6-3-4-8(13-2)7(10)5-6/h2-9,22H,19H2,1H3,(H,20,23);3-5H,10H2,1-2H3,(H,11,12). The van der Waals surface area contributed by atoms with Gasteiger partial charge in [-0.15, -0.1) is 0 Å². The zero-order valence-electron chi connectivity index (χ0n) is 21.3. The number of nitrogens with zero attached hydrogens (tertiary/aromatic N) is 1. The Morgan fingerprint density at radius 2 is 1.59 bits per heavy atom. The molecule has 2 amide bonds. The number of nitro groups is 1. The molecule has 0 heterocycles. The molecule has 4 aromatic rings. The van der Waals surface area contributed by atoms with Gasteiger partial charge < -0.3 is 36.7 Å². The SMILES string of the molecule is CNC(=O)c1ccc(OC)c(N)c1.COc1ccc([N+](=O)[O-])cc1NC(=O)c1cc2ccccc2c(N)c1O. The van der Waals surface area contributed by atoms with E-state index >= 15 is 0 Å². The lowest BCUT2D eigenvalue weighted by atomic mass is 10.0. The molecular weight excluding hydrogens is 506 g/mol. The number of anilines is 3. The third kappa shape index (κ3) is 6.25. The van der Waals surface area contributed by atoms with Gasteiger partial charge in [-0.1, -0.05) is 24.3 Å². The van der Waals surface area contributed by atoms with Crippen LogP contribution in [0.15, 0.2) is 66.7 Å². The van der Waals surface area contributed by atoms with Gasteiger partial charge in [-0.25, -0.2) is 0 Å². The number of nitrogens with one attached hydrogen (secondary N) is 2. The third-order valence-corrected chi connectivity index (χ3v) is 5.67. The summed E-state index contributed by atoms with van der Waals surface area (Å²) in [5, 5.41) is 27.6.